The molecule has 0 fully saturated rings. The molecule has 0 saturated heterocycles. The third kappa shape index (κ3) is 4.58. The SMILES string of the molecule is COc1ccc(-c2cc(=O)n(CCNC(=O)c3ccc(F)cc3)cn2)cc1. The van der Waals surface area contributed by atoms with Gasteiger partial charge in [0.25, 0.3) is 11.5 Å². The number of carbonyl (C=O) groups excluding carboxylic acids is 1. The lowest BCUT2D eigenvalue weighted by atomic mass is 10.1. The molecule has 0 radical (unpaired) electrons. The van der Waals surface area contributed by atoms with Crippen LogP contribution in [0.5, 0.6) is 5.75 Å². The van der Waals surface area contributed by atoms with Crippen molar-refractivity contribution in [2.45, 2.75) is 6.54 Å². The van der Waals surface area contributed by atoms with E-state index in [0.717, 1.165) is 11.3 Å². The Bertz CT molecular complexity index is 983. The number of hydrogen-bond donors (Lipinski definition) is 1. The van der Waals surface area contributed by atoms with E-state index in [9.17, 15) is 14.0 Å². The van der Waals surface area contributed by atoms with Crippen molar-refractivity contribution in [3.63, 3.8) is 0 Å². The van der Waals surface area contributed by atoms with Gasteiger partial charge in [-0.05, 0) is 48.5 Å². The van der Waals surface area contributed by atoms with E-state index in [1.807, 2.05) is 12.1 Å². The first-order valence-corrected chi connectivity index (χ1v) is 8.31. The number of carbonyl (C=O) groups is 1. The van der Waals surface area contributed by atoms with Crippen molar-refractivity contribution in [1.82, 2.24) is 14.9 Å². The van der Waals surface area contributed by atoms with Crippen molar-refractivity contribution >= 4 is 5.91 Å². The highest BCUT2D eigenvalue weighted by Gasteiger charge is 2.06. The maximum Gasteiger partial charge on any atom is 0.253 e. The molecule has 6 nitrogen and oxygen atoms in total. The van der Waals surface area contributed by atoms with E-state index >= 15 is 0 Å². The van der Waals surface area contributed by atoms with Crippen molar-refractivity contribution < 1.29 is 13.9 Å². The van der Waals surface area contributed by atoms with Crippen LogP contribution < -0.4 is 15.6 Å². The number of hydrogen-bond acceptors (Lipinski definition) is 4. The van der Waals surface area contributed by atoms with Gasteiger partial charge < -0.3 is 10.1 Å². The predicted molar refractivity (Wildman–Crippen MR) is 99.2 cm³/mol. The van der Waals surface area contributed by atoms with Crippen LogP contribution in [0.1, 0.15) is 10.4 Å². The largest absolute Gasteiger partial charge is 0.497 e. The summed E-state index contributed by atoms with van der Waals surface area (Å²) in [5.74, 6) is -0.00373. The fourth-order valence-corrected chi connectivity index (χ4v) is 2.51. The predicted octanol–water partition coefficient (Wildman–Crippen LogP) is 2.49. The number of nitrogens with zero attached hydrogens (tertiary/aromatic N) is 2. The number of halogens is 1. The molecule has 0 spiro atoms. The molecule has 0 aliphatic carbocycles. The summed E-state index contributed by atoms with van der Waals surface area (Å²) in [6.45, 7) is 0.529. The van der Waals surface area contributed by atoms with Crippen LogP contribution in [0.4, 0.5) is 4.39 Å². The number of aromatic nitrogens is 2. The maximum atomic E-state index is 12.9. The van der Waals surface area contributed by atoms with Crippen LogP contribution in [0.3, 0.4) is 0 Å². The Morgan fingerprint density at radius 1 is 1.15 bits per heavy atom. The Kier molecular flexibility index (Phi) is 5.61. The maximum absolute atomic E-state index is 12.9. The number of nitrogens with one attached hydrogen (secondary N) is 1. The quantitative estimate of drug-likeness (QED) is 0.727. The van der Waals surface area contributed by atoms with Crippen molar-refractivity contribution in [2.24, 2.45) is 0 Å². The first kappa shape index (κ1) is 18.3. The van der Waals surface area contributed by atoms with Gasteiger partial charge in [-0.3, -0.25) is 14.2 Å². The Hall–Kier alpha value is -3.48. The van der Waals surface area contributed by atoms with Crippen LogP contribution in [0.15, 0.2) is 65.7 Å². The zero-order valence-electron chi connectivity index (χ0n) is 14.7. The lowest BCUT2D eigenvalue weighted by Gasteiger charge is -2.08. The first-order chi connectivity index (χ1) is 13.1. The van der Waals surface area contributed by atoms with E-state index in [-0.39, 0.29) is 24.6 Å². The van der Waals surface area contributed by atoms with Crippen LogP contribution in [0, 0.1) is 5.82 Å². The van der Waals surface area contributed by atoms with Gasteiger partial charge in [0.2, 0.25) is 0 Å². The summed E-state index contributed by atoms with van der Waals surface area (Å²) in [6, 6.07) is 14.0. The Labute approximate surface area is 155 Å². The molecule has 0 saturated carbocycles. The molecule has 1 aromatic heterocycles. The number of rotatable bonds is 6. The molecular formula is C20H18FN3O3. The second-order valence-electron chi connectivity index (χ2n) is 5.80. The highest BCUT2D eigenvalue weighted by atomic mass is 19.1. The summed E-state index contributed by atoms with van der Waals surface area (Å²) < 4.78 is 19.4. The van der Waals surface area contributed by atoms with E-state index in [4.69, 9.17) is 4.74 Å². The highest BCUT2D eigenvalue weighted by molar-refractivity contribution is 5.94. The second kappa shape index (κ2) is 8.27. The summed E-state index contributed by atoms with van der Waals surface area (Å²) in [7, 11) is 1.59. The van der Waals surface area contributed by atoms with E-state index in [1.54, 1.807) is 19.2 Å². The van der Waals surface area contributed by atoms with Gasteiger partial charge in [-0.1, -0.05) is 0 Å². The van der Waals surface area contributed by atoms with E-state index in [1.165, 1.54) is 41.2 Å². The molecule has 0 aliphatic rings. The third-order valence-electron chi connectivity index (χ3n) is 4.01. The minimum Gasteiger partial charge on any atom is -0.497 e. The average Bonchev–Trinajstić information content (AvgIpc) is 2.69. The van der Waals surface area contributed by atoms with E-state index in [0.29, 0.717) is 11.3 Å². The van der Waals surface area contributed by atoms with Gasteiger partial charge in [0, 0.05) is 30.3 Å². The van der Waals surface area contributed by atoms with Gasteiger partial charge in [-0.25, -0.2) is 9.37 Å². The number of methoxy groups -OCH3 is 1. The van der Waals surface area contributed by atoms with Crippen LogP contribution >= 0.6 is 0 Å². The fraction of sp³-hybridized carbons (Fsp3) is 0.150. The molecule has 138 valence electrons. The average molecular weight is 367 g/mol. The molecule has 7 heteroatoms. The number of ether oxygens (including phenoxy) is 1. The first-order valence-electron chi connectivity index (χ1n) is 8.31. The van der Waals surface area contributed by atoms with Crippen LogP contribution in [0.2, 0.25) is 0 Å². The van der Waals surface area contributed by atoms with Gasteiger partial charge in [0.15, 0.2) is 0 Å². The Balaban J connectivity index is 1.61. The van der Waals surface area contributed by atoms with Crippen molar-refractivity contribution in [1.29, 1.82) is 0 Å². The number of amides is 1. The monoisotopic (exact) mass is 367 g/mol. The standard InChI is InChI=1S/C20H18FN3O3/c1-27-17-8-4-14(5-9-17)18-12-19(25)24(13-23-18)11-10-22-20(26)15-2-6-16(21)7-3-15/h2-9,12-13H,10-11H2,1H3,(H,22,26). The minimum absolute atomic E-state index is 0.216. The fourth-order valence-electron chi connectivity index (χ4n) is 2.51. The van der Waals surface area contributed by atoms with Gasteiger partial charge in [0.05, 0.1) is 19.1 Å². The van der Waals surface area contributed by atoms with E-state index < -0.39 is 5.82 Å². The summed E-state index contributed by atoms with van der Waals surface area (Å²) in [6.07, 6.45) is 1.45. The second-order valence-corrected chi connectivity index (χ2v) is 5.80. The van der Waals surface area contributed by atoms with Gasteiger partial charge in [0.1, 0.15) is 11.6 Å². The lowest BCUT2D eigenvalue weighted by molar-refractivity contribution is 0.0952. The van der Waals surface area contributed by atoms with Gasteiger partial charge >= 0.3 is 0 Å². The summed E-state index contributed by atoms with van der Waals surface area (Å²) in [5.41, 5.74) is 1.52. The zero-order valence-corrected chi connectivity index (χ0v) is 14.7. The van der Waals surface area contributed by atoms with Crippen LogP contribution in [0.25, 0.3) is 11.3 Å². The molecule has 0 atom stereocenters. The molecule has 0 bridgehead atoms. The summed E-state index contributed by atoms with van der Waals surface area (Å²) in [4.78, 5) is 28.5. The third-order valence-corrected chi connectivity index (χ3v) is 4.01. The normalized spacial score (nSPS) is 10.4. The topological polar surface area (TPSA) is 73.2 Å². The van der Waals surface area contributed by atoms with Crippen molar-refractivity contribution in [3.8, 4) is 17.0 Å². The summed E-state index contributed by atoms with van der Waals surface area (Å²) >= 11 is 0. The molecule has 3 aromatic rings. The molecule has 27 heavy (non-hydrogen) atoms. The summed E-state index contributed by atoms with van der Waals surface area (Å²) in [5, 5.41) is 2.69. The Morgan fingerprint density at radius 3 is 2.48 bits per heavy atom. The smallest absolute Gasteiger partial charge is 0.253 e. The molecule has 0 unspecified atom stereocenters. The zero-order chi connectivity index (χ0) is 19.2. The molecule has 1 amide bonds. The van der Waals surface area contributed by atoms with Gasteiger partial charge in [-0.15, -0.1) is 0 Å². The van der Waals surface area contributed by atoms with E-state index in [2.05, 4.69) is 10.3 Å². The lowest BCUT2D eigenvalue weighted by Crippen LogP contribution is -2.30. The highest BCUT2D eigenvalue weighted by Crippen LogP contribution is 2.19. The van der Waals surface area contributed by atoms with Crippen LogP contribution in [-0.4, -0.2) is 29.1 Å². The molecule has 1 N–H and O–H groups in total. The molecule has 2 aromatic carbocycles. The van der Waals surface area contributed by atoms with Crippen molar-refractivity contribution in [2.75, 3.05) is 13.7 Å². The minimum atomic E-state index is -0.402. The molecule has 0 aliphatic heterocycles. The number of benzene rings is 2. The molecule has 1 heterocycles. The molecular weight excluding hydrogens is 349 g/mol. The molecule has 3 rings (SSSR count). The van der Waals surface area contributed by atoms with Gasteiger partial charge in [-0.2, -0.15) is 0 Å². The van der Waals surface area contributed by atoms with Crippen molar-refractivity contribution in [3.05, 3.63) is 82.7 Å². The Morgan fingerprint density at radius 2 is 1.85 bits per heavy atom. The van der Waals surface area contributed by atoms with Crippen LogP contribution in [-0.2, 0) is 6.54 Å².